The van der Waals surface area contributed by atoms with Crippen molar-refractivity contribution in [1.82, 2.24) is 10.2 Å². The summed E-state index contributed by atoms with van der Waals surface area (Å²) in [5, 5.41) is 12.5. The number of likely N-dealkylation sites (tertiary alicyclic amines) is 1. The first-order chi connectivity index (χ1) is 13.1. The molecule has 1 aromatic rings. The zero-order valence-corrected chi connectivity index (χ0v) is 16.7. The van der Waals surface area contributed by atoms with Crippen molar-refractivity contribution in [3.05, 3.63) is 33.9 Å². The van der Waals surface area contributed by atoms with Crippen molar-refractivity contribution < 1.29 is 4.79 Å². The monoisotopic (exact) mass is 365 g/mol. The van der Waals surface area contributed by atoms with Gasteiger partial charge in [0.25, 0.3) is 0 Å². The number of carbonyl (C=O) groups is 1. The summed E-state index contributed by atoms with van der Waals surface area (Å²) < 4.78 is 0. The molecule has 27 heavy (non-hydrogen) atoms. The van der Waals surface area contributed by atoms with E-state index in [4.69, 9.17) is 5.26 Å². The van der Waals surface area contributed by atoms with Crippen LogP contribution in [-0.2, 0) is 36.9 Å². The Morgan fingerprint density at radius 3 is 2.48 bits per heavy atom. The molecule has 1 saturated heterocycles. The molecule has 3 aliphatic rings. The van der Waals surface area contributed by atoms with Gasteiger partial charge in [0.05, 0.1) is 12.6 Å². The summed E-state index contributed by atoms with van der Waals surface area (Å²) in [7, 11) is 0. The highest BCUT2D eigenvalue weighted by Crippen LogP contribution is 2.38. The van der Waals surface area contributed by atoms with E-state index in [0.717, 1.165) is 44.2 Å². The number of benzene rings is 1. The molecule has 0 aromatic heterocycles. The quantitative estimate of drug-likeness (QED) is 0.817. The molecule has 0 bridgehead atoms. The zero-order chi connectivity index (χ0) is 19.0. The molecular weight excluding hydrogens is 334 g/mol. The van der Waals surface area contributed by atoms with Gasteiger partial charge in [-0.15, -0.1) is 0 Å². The van der Waals surface area contributed by atoms with Crippen LogP contribution in [0.5, 0.6) is 0 Å². The second-order valence-corrected chi connectivity index (χ2v) is 8.96. The molecular formula is C23H31N3O. The average molecular weight is 366 g/mol. The lowest BCUT2D eigenvalue weighted by Crippen LogP contribution is -2.41. The predicted molar refractivity (Wildman–Crippen MR) is 107 cm³/mol. The molecule has 1 aliphatic heterocycles. The minimum absolute atomic E-state index is 0.0739. The fourth-order valence-corrected chi connectivity index (χ4v) is 5.43. The number of carbonyl (C=O) groups excluding carboxylic acids is 1. The lowest BCUT2D eigenvalue weighted by atomic mass is 9.92. The topological polar surface area (TPSA) is 56.1 Å². The summed E-state index contributed by atoms with van der Waals surface area (Å²) >= 11 is 0. The smallest absolute Gasteiger partial charge is 0.237 e. The van der Waals surface area contributed by atoms with E-state index in [1.165, 1.54) is 25.7 Å². The highest BCUT2D eigenvalue weighted by molar-refractivity contribution is 5.79. The van der Waals surface area contributed by atoms with Crippen LogP contribution in [0.1, 0.15) is 54.5 Å². The van der Waals surface area contributed by atoms with E-state index in [1.54, 1.807) is 32.7 Å². The molecule has 4 nitrogen and oxygen atoms in total. The standard InChI is InChI=1S/C23H31N3O/c1-15-8-17-12-18-9-16(2)11-22(18)20(21(17)10-15)5-6-25-14-23(27)26-7-3-4-19(26)13-24/h12,15-16,19,25H,3-11,14H2,1-2H3/t15?,16?,19-/m0/s1. The summed E-state index contributed by atoms with van der Waals surface area (Å²) in [6.07, 6.45) is 7.65. The molecule has 0 spiro atoms. The lowest BCUT2D eigenvalue weighted by Gasteiger charge is -2.20. The Bertz CT molecular complexity index is 743. The minimum atomic E-state index is -0.220. The molecule has 1 aromatic carbocycles. The van der Waals surface area contributed by atoms with Gasteiger partial charge in [-0.05, 0) is 91.1 Å². The minimum Gasteiger partial charge on any atom is -0.326 e. The maximum atomic E-state index is 12.4. The Kier molecular flexibility index (Phi) is 5.23. The number of hydrogen-bond donors (Lipinski definition) is 1. The van der Waals surface area contributed by atoms with Crippen LogP contribution in [0.3, 0.4) is 0 Å². The van der Waals surface area contributed by atoms with Crippen molar-refractivity contribution in [2.75, 3.05) is 19.6 Å². The molecule has 1 heterocycles. The van der Waals surface area contributed by atoms with Crippen LogP contribution in [-0.4, -0.2) is 36.5 Å². The normalized spacial score (nSPS) is 26.1. The highest BCUT2D eigenvalue weighted by Gasteiger charge is 2.29. The Balaban J connectivity index is 1.39. The zero-order valence-electron chi connectivity index (χ0n) is 16.7. The Hall–Kier alpha value is -1.86. The van der Waals surface area contributed by atoms with E-state index in [1.807, 2.05) is 0 Å². The molecule has 144 valence electrons. The van der Waals surface area contributed by atoms with Crippen LogP contribution in [0, 0.1) is 23.2 Å². The third kappa shape index (κ3) is 3.62. The largest absolute Gasteiger partial charge is 0.326 e. The number of fused-ring (bicyclic) bond motifs is 2. The maximum absolute atomic E-state index is 12.4. The molecule has 4 rings (SSSR count). The fraction of sp³-hybridized carbons (Fsp3) is 0.652. The number of hydrogen-bond acceptors (Lipinski definition) is 3. The van der Waals surface area contributed by atoms with Gasteiger partial charge in [-0.25, -0.2) is 0 Å². The lowest BCUT2D eigenvalue weighted by molar-refractivity contribution is -0.130. The van der Waals surface area contributed by atoms with E-state index < -0.39 is 0 Å². The van der Waals surface area contributed by atoms with Gasteiger partial charge in [0.1, 0.15) is 6.04 Å². The highest BCUT2D eigenvalue weighted by atomic mass is 16.2. The molecule has 0 saturated carbocycles. The molecule has 0 radical (unpaired) electrons. The Morgan fingerprint density at radius 2 is 1.85 bits per heavy atom. The van der Waals surface area contributed by atoms with Gasteiger partial charge in [0.15, 0.2) is 0 Å². The second-order valence-electron chi connectivity index (χ2n) is 8.96. The molecule has 1 amide bonds. The third-order valence-electron chi connectivity index (χ3n) is 6.64. The van der Waals surface area contributed by atoms with Gasteiger partial charge in [-0.2, -0.15) is 5.26 Å². The molecule has 2 aliphatic carbocycles. The van der Waals surface area contributed by atoms with Crippen LogP contribution in [0.25, 0.3) is 0 Å². The van der Waals surface area contributed by atoms with Gasteiger partial charge in [-0.3, -0.25) is 4.79 Å². The number of amides is 1. The summed E-state index contributed by atoms with van der Waals surface area (Å²) in [5.41, 5.74) is 7.94. The van der Waals surface area contributed by atoms with E-state index in [9.17, 15) is 4.79 Å². The number of nitrogens with zero attached hydrogens (tertiary/aromatic N) is 2. The van der Waals surface area contributed by atoms with Gasteiger partial charge in [0.2, 0.25) is 5.91 Å². The van der Waals surface area contributed by atoms with Crippen LogP contribution >= 0.6 is 0 Å². The van der Waals surface area contributed by atoms with E-state index in [2.05, 4.69) is 31.3 Å². The van der Waals surface area contributed by atoms with Crippen molar-refractivity contribution >= 4 is 5.91 Å². The van der Waals surface area contributed by atoms with E-state index in [0.29, 0.717) is 6.54 Å². The van der Waals surface area contributed by atoms with Crippen LogP contribution in [0.4, 0.5) is 0 Å². The van der Waals surface area contributed by atoms with Gasteiger partial charge in [-0.1, -0.05) is 19.9 Å². The van der Waals surface area contributed by atoms with Crippen molar-refractivity contribution in [2.24, 2.45) is 11.8 Å². The number of rotatable bonds is 5. The van der Waals surface area contributed by atoms with Crippen LogP contribution < -0.4 is 5.32 Å². The molecule has 2 unspecified atom stereocenters. The maximum Gasteiger partial charge on any atom is 0.237 e. The van der Waals surface area contributed by atoms with Gasteiger partial charge in [0, 0.05) is 6.54 Å². The van der Waals surface area contributed by atoms with E-state index in [-0.39, 0.29) is 11.9 Å². The summed E-state index contributed by atoms with van der Waals surface area (Å²) in [5.74, 6) is 1.59. The first-order valence-corrected chi connectivity index (χ1v) is 10.6. The first kappa shape index (κ1) is 18.5. The third-order valence-corrected chi connectivity index (χ3v) is 6.64. The van der Waals surface area contributed by atoms with Gasteiger partial charge < -0.3 is 10.2 Å². The van der Waals surface area contributed by atoms with Crippen molar-refractivity contribution in [3.8, 4) is 6.07 Å². The van der Waals surface area contributed by atoms with Crippen LogP contribution in [0.15, 0.2) is 6.07 Å². The Morgan fingerprint density at radius 1 is 1.19 bits per heavy atom. The number of nitriles is 1. The fourth-order valence-electron chi connectivity index (χ4n) is 5.43. The van der Waals surface area contributed by atoms with Crippen molar-refractivity contribution in [3.63, 3.8) is 0 Å². The summed E-state index contributed by atoms with van der Waals surface area (Å²) in [6, 6.07) is 4.53. The van der Waals surface area contributed by atoms with Gasteiger partial charge >= 0.3 is 0 Å². The number of nitrogens with one attached hydrogen (secondary N) is 1. The predicted octanol–water partition coefficient (Wildman–Crippen LogP) is 2.80. The molecule has 4 heteroatoms. The molecule has 3 atom stereocenters. The SMILES string of the molecule is CC1Cc2cc3c(c(CCNCC(=O)N4CCC[C@H]4C#N)c2C1)CC(C)C3. The molecule has 1 fully saturated rings. The molecule has 1 N–H and O–H groups in total. The first-order valence-electron chi connectivity index (χ1n) is 10.6. The Labute approximate surface area is 162 Å². The average Bonchev–Trinajstić information content (AvgIpc) is 3.33. The van der Waals surface area contributed by atoms with Crippen LogP contribution in [0.2, 0.25) is 0 Å². The summed E-state index contributed by atoms with van der Waals surface area (Å²) in [4.78, 5) is 14.1. The van der Waals surface area contributed by atoms with Crippen molar-refractivity contribution in [1.29, 1.82) is 5.26 Å². The summed E-state index contributed by atoms with van der Waals surface area (Å²) in [6.45, 7) is 6.63. The van der Waals surface area contributed by atoms with E-state index >= 15 is 0 Å². The second kappa shape index (κ2) is 7.64. The van der Waals surface area contributed by atoms with Crippen molar-refractivity contribution in [2.45, 2.75) is 64.8 Å².